The van der Waals surface area contributed by atoms with E-state index in [1.807, 2.05) is 36.9 Å². The highest BCUT2D eigenvalue weighted by molar-refractivity contribution is 5.92. The molecule has 31 heavy (non-hydrogen) atoms. The predicted octanol–water partition coefficient (Wildman–Crippen LogP) is 3.71. The second-order valence-electron chi connectivity index (χ2n) is 8.11. The Morgan fingerprint density at radius 1 is 1.03 bits per heavy atom. The van der Waals surface area contributed by atoms with Crippen molar-refractivity contribution in [3.8, 4) is 5.75 Å². The molecule has 0 aromatic heterocycles. The van der Waals surface area contributed by atoms with Crippen LogP contribution < -0.4 is 15.4 Å². The van der Waals surface area contributed by atoms with Crippen LogP contribution in [0, 0.1) is 0 Å². The lowest BCUT2D eigenvalue weighted by Gasteiger charge is -2.22. The summed E-state index contributed by atoms with van der Waals surface area (Å²) < 4.78 is 5.18. The quantitative estimate of drug-likeness (QED) is 0.645. The average molecular weight is 424 g/mol. The number of hydrogen-bond donors (Lipinski definition) is 2. The van der Waals surface area contributed by atoms with Gasteiger partial charge < -0.3 is 15.4 Å². The van der Waals surface area contributed by atoms with Gasteiger partial charge in [0.25, 0.3) is 0 Å². The molecule has 3 rings (SSSR count). The van der Waals surface area contributed by atoms with E-state index in [2.05, 4.69) is 28.8 Å². The molecule has 0 heterocycles. The molecular weight excluding hydrogens is 390 g/mol. The summed E-state index contributed by atoms with van der Waals surface area (Å²) in [7, 11) is 1.59. The van der Waals surface area contributed by atoms with Crippen LogP contribution in [0.15, 0.2) is 42.5 Å². The molecule has 1 atom stereocenters. The minimum absolute atomic E-state index is 0.0657. The van der Waals surface area contributed by atoms with Crippen LogP contribution in [-0.4, -0.2) is 43.5 Å². The highest BCUT2D eigenvalue weighted by atomic mass is 16.5. The van der Waals surface area contributed by atoms with Gasteiger partial charge in [-0.25, -0.2) is 0 Å². The first-order valence-electron chi connectivity index (χ1n) is 11.1. The molecule has 0 spiro atoms. The van der Waals surface area contributed by atoms with Gasteiger partial charge in [0, 0.05) is 11.8 Å². The van der Waals surface area contributed by atoms with Crippen LogP contribution in [-0.2, 0) is 22.4 Å². The molecule has 0 fully saturated rings. The number of methoxy groups -OCH3 is 1. The summed E-state index contributed by atoms with van der Waals surface area (Å²) in [6.45, 7) is 4.88. The molecule has 2 aromatic carbocycles. The summed E-state index contributed by atoms with van der Waals surface area (Å²) in [5, 5.41) is 5.93. The average Bonchev–Trinajstić information content (AvgIpc) is 2.78. The van der Waals surface area contributed by atoms with Gasteiger partial charge in [-0.05, 0) is 68.0 Å². The van der Waals surface area contributed by atoms with Crippen molar-refractivity contribution >= 4 is 17.5 Å². The number of amides is 2. The number of aryl methyl sites for hydroxylation is 2. The van der Waals surface area contributed by atoms with E-state index < -0.39 is 0 Å². The van der Waals surface area contributed by atoms with Crippen LogP contribution in [0.1, 0.15) is 49.4 Å². The second-order valence-corrected chi connectivity index (χ2v) is 8.11. The number of ether oxygens (including phenoxy) is 1. The first-order chi connectivity index (χ1) is 15.0. The Morgan fingerprint density at radius 3 is 2.52 bits per heavy atom. The number of rotatable bonds is 9. The topological polar surface area (TPSA) is 70.7 Å². The molecule has 0 saturated carbocycles. The van der Waals surface area contributed by atoms with Gasteiger partial charge in [0.05, 0.1) is 26.2 Å². The van der Waals surface area contributed by atoms with E-state index in [1.165, 1.54) is 24.0 Å². The summed E-state index contributed by atoms with van der Waals surface area (Å²) >= 11 is 0. The monoisotopic (exact) mass is 423 g/mol. The van der Waals surface area contributed by atoms with E-state index in [1.54, 1.807) is 13.2 Å². The lowest BCUT2D eigenvalue weighted by Crippen LogP contribution is -2.41. The van der Waals surface area contributed by atoms with Crippen molar-refractivity contribution in [3.05, 3.63) is 59.2 Å². The molecule has 2 aromatic rings. The molecule has 2 amide bonds. The molecule has 0 saturated heterocycles. The Labute approximate surface area is 185 Å². The van der Waals surface area contributed by atoms with E-state index in [-0.39, 0.29) is 30.9 Å². The standard InChI is InChI=1S/C25H33N3O3/c1-4-28(17-25(30)27-22-10-7-11-23(15-22)31-3)16-24(29)26-18(2)20-13-12-19-8-5-6-9-21(19)14-20/h7,10-15,18H,4-6,8-9,16-17H2,1-3H3,(H,26,29)(H,27,30)/t18-/m1/s1. The van der Waals surface area contributed by atoms with Crippen molar-refractivity contribution < 1.29 is 14.3 Å². The van der Waals surface area contributed by atoms with Gasteiger partial charge in [-0.2, -0.15) is 0 Å². The van der Waals surface area contributed by atoms with E-state index in [4.69, 9.17) is 4.74 Å². The van der Waals surface area contributed by atoms with Gasteiger partial charge >= 0.3 is 0 Å². The fourth-order valence-corrected chi connectivity index (χ4v) is 3.98. The molecule has 166 valence electrons. The number of benzene rings is 2. The Kier molecular flexibility index (Phi) is 8.06. The van der Waals surface area contributed by atoms with Gasteiger partial charge in [0.15, 0.2) is 0 Å². The normalized spacial score (nSPS) is 13.9. The van der Waals surface area contributed by atoms with E-state index >= 15 is 0 Å². The molecule has 2 N–H and O–H groups in total. The van der Waals surface area contributed by atoms with Gasteiger partial charge in [-0.1, -0.05) is 31.2 Å². The minimum Gasteiger partial charge on any atom is -0.497 e. The van der Waals surface area contributed by atoms with Crippen molar-refractivity contribution in [1.82, 2.24) is 10.2 Å². The zero-order valence-corrected chi connectivity index (χ0v) is 18.7. The van der Waals surface area contributed by atoms with Gasteiger partial charge in [-0.3, -0.25) is 14.5 Å². The highest BCUT2D eigenvalue weighted by Crippen LogP contribution is 2.24. The summed E-state index contributed by atoms with van der Waals surface area (Å²) in [6, 6.07) is 13.7. The number of fused-ring (bicyclic) bond motifs is 1. The Balaban J connectivity index is 1.51. The third kappa shape index (κ3) is 6.56. The second kappa shape index (κ2) is 11.0. The zero-order chi connectivity index (χ0) is 22.2. The summed E-state index contributed by atoms with van der Waals surface area (Å²) in [5.74, 6) is 0.438. The van der Waals surface area contributed by atoms with Crippen LogP contribution in [0.3, 0.4) is 0 Å². The van der Waals surface area contributed by atoms with Crippen LogP contribution in [0.25, 0.3) is 0 Å². The SMILES string of the molecule is CCN(CC(=O)Nc1cccc(OC)c1)CC(=O)N[C@H](C)c1ccc2c(c1)CCCC2. The summed E-state index contributed by atoms with van der Waals surface area (Å²) in [5.41, 5.74) is 4.65. The fourth-order valence-electron chi connectivity index (χ4n) is 3.98. The van der Waals surface area contributed by atoms with E-state index in [0.717, 1.165) is 18.4 Å². The number of anilines is 1. The number of hydrogen-bond acceptors (Lipinski definition) is 4. The van der Waals surface area contributed by atoms with Crippen LogP contribution in [0.5, 0.6) is 5.75 Å². The molecule has 6 heteroatoms. The van der Waals surface area contributed by atoms with Crippen LogP contribution in [0.2, 0.25) is 0 Å². The van der Waals surface area contributed by atoms with Crippen molar-refractivity contribution in [2.45, 2.75) is 45.6 Å². The maximum atomic E-state index is 12.6. The summed E-state index contributed by atoms with van der Waals surface area (Å²) in [4.78, 5) is 26.8. The molecule has 1 aliphatic rings. The van der Waals surface area contributed by atoms with E-state index in [0.29, 0.717) is 18.0 Å². The molecular formula is C25H33N3O3. The number of nitrogens with one attached hydrogen (secondary N) is 2. The first kappa shape index (κ1) is 22.8. The first-order valence-corrected chi connectivity index (χ1v) is 11.1. The fraction of sp³-hybridized carbons (Fsp3) is 0.440. The third-order valence-electron chi connectivity index (χ3n) is 5.79. The Morgan fingerprint density at radius 2 is 1.77 bits per heavy atom. The molecule has 1 aliphatic carbocycles. The van der Waals surface area contributed by atoms with Gasteiger partial charge in [0.2, 0.25) is 11.8 Å². The largest absolute Gasteiger partial charge is 0.497 e. The lowest BCUT2D eigenvalue weighted by molar-refractivity contribution is -0.123. The number of carbonyl (C=O) groups excluding carboxylic acids is 2. The van der Waals surface area contributed by atoms with Crippen molar-refractivity contribution in [2.75, 3.05) is 32.1 Å². The molecule has 0 radical (unpaired) electrons. The van der Waals surface area contributed by atoms with Crippen LogP contribution >= 0.6 is 0 Å². The Bertz CT molecular complexity index is 913. The maximum absolute atomic E-state index is 12.6. The molecule has 0 bridgehead atoms. The van der Waals surface area contributed by atoms with Crippen molar-refractivity contribution in [1.29, 1.82) is 0 Å². The smallest absolute Gasteiger partial charge is 0.238 e. The zero-order valence-electron chi connectivity index (χ0n) is 18.7. The minimum atomic E-state index is -0.161. The highest BCUT2D eigenvalue weighted by Gasteiger charge is 2.17. The molecule has 6 nitrogen and oxygen atoms in total. The van der Waals surface area contributed by atoms with Crippen LogP contribution in [0.4, 0.5) is 5.69 Å². The summed E-state index contributed by atoms with van der Waals surface area (Å²) in [6.07, 6.45) is 4.77. The number of carbonyl (C=O) groups is 2. The number of nitrogens with zero attached hydrogens (tertiary/aromatic N) is 1. The Hall–Kier alpha value is -2.86. The molecule has 0 unspecified atom stereocenters. The lowest BCUT2D eigenvalue weighted by atomic mass is 9.89. The van der Waals surface area contributed by atoms with Gasteiger partial charge in [0.1, 0.15) is 5.75 Å². The predicted molar refractivity (Wildman–Crippen MR) is 123 cm³/mol. The van der Waals surface area contributed by atoms with E-state index in [9.17, 15) is 9.59 Å². The third-order valence-corrected chi connectivity index (χ3v) is 5.79. The van der Waals surface area contributed by atoms with Gasteiger partial charge in [-0.15, -0.1) is 0 Å². The van der Waals surface area contributed by atoms with Crippen molar-refractivity contribution in [3.63, 3.8) is 0 Å². The van der Waals surface area contributed by atoms with Crippen molar-refractivity contribution in [2.24, 2.45) is 0 Å². The maximum Gasteiger partial charge on any atom is 0.238 e. The molecule has 0 aliphatic heterocycles. The number of likely N-dealkylation sites (N-methyl/N-ethyl adjacent to an activating group) is 1.